The van der Waals surface area contributed by atoms with Crippen LogP contribution in [-0.4, -0.2) is 30.4 Å². The molecule has 5 heteroatoms. The van der Waals surface area contributed by atoms with Crippen molar-refractivity contribution in [2.75, 3.05) is 12.4 Å². The number of carbonyl (C=O) groups excluding carboxylic acids is 1. The van der Waals surface area contributed by atoms with E-state index in [9.17, 15) is 4.79 Å². The second-order valence-corrected chi connectivity index (χ2v) is 5.74. The van der Waals surface area contributed by atoms with Gasteiger partial charge in [-0.25, -0.2) is 0 Å². The fraction of sp³-hybridized carbons (Fsp3) is 0.643. The smallest absolute Gasteiger partial charge is 0.323 e. The summed E-state index contributed by atoms with van der Waals surface area (Å²) in [6, 6.07) is 1.98. The highest BCUT2D eigenvalue weighted by Gasteiger charge is 2.20. The fourth-order valence-electron chi connectivity index (χ4n) is 1.72. The molecular formula is C14H23NO3S. The lowest BCUT2D eigenvalue weighted by molar-refractivity contribution is -0.145. The minimum atomic E-state index is -0.236. The fourth-order valence-corrected chi connectivity index (χ4v) is 2.70. The van der Waals surface area contributed by atoms with E-state index < -0.39 is 0 Å². The number of thioether (sulfide) groups is 1. The Balaban J connectivity index is 2.44. The normalized spacial score (nSPS) is 12.7. The third kappa shape index (κ3) is 5.70. The lowest BCUT2D eigenvalue weighted by Crippen LogP contribution is -2.42. The summed E-state index contributed by atoms with van der Waals surface area (Å²) in [6.07, 6.45) is 2.43. The highest BCUT2D eigenvalue weighted by molar-refractivity contribution is 7.99. The molecule has 4 nitrogen and oxygen atoms in total. The molecule has 1 heterocycles. The Kier molecular flexibility index (Phi) is 7.02. The number of aryl methyl sites for hydroxylation is 1. The van der Waals surface area contributed by atoms with Crippen molar-refractivity contribution in [3.63, 3.8) is 0 Å². The summed E-state index contributed by atoms with van der Waals surface area (Å²) in [5, 5.41) is 3.25. The van der Waals surface area contributed by atoms with E-state index in [1.54, 1.807) is 18.0 Å². The van der Waals surface area contributed by atoms with Crippen molar-refractivity contribution in [1.82, 2.24) is 5.32 Å². The van der Waals surface area contributed by atoms with Gasteiger partial charge in [-0.2, -0.15) is 0 Å². The zero-order valence-corrected chi connectivity index (χ0v) is 12.9. The van der Waals surface area contributed by atoms with Crippen LogP contribution >= 0.6 is 11.8 Å². The van der Waals surface area contributed by atoms with E-state index in [1.807, 2.05) is 33.8 Å². The maximum atomic E-state index is 11.8. The van der Waals surface area contributed by atoms with Crippen LogP contribution in [0.3, 0.4) is 0 Å². The SMILES string of the molecule is CCOC(=O)C(CCSc1ccoc1C)NC(C)C. The van der Waals surface area contributed by atoms with E-state index in [1.165, 1.54) is 0 Å². The minimum Gasteiger partial charge on any atom is -0.468 e. The van der Waals surface area contributed by atoms with Gasteiger partial charge in [-0.1, -0.05) is 13.8 Å². The van der Waals surface area contributed by atoms with E-state index >= 15 is 0 Å². The molecule has 1 aromatic heterocycles. The van der Waals surface area contributed by atoms with Crippen molar-refractivity contribution in [1.29, 1.82) is 0 Å². The third-order valence-corrected chi connectivity index (χ3v) is 3.76. The molecule has 1 unspecified atom stereocenters. The minimum absolute atomic E-state index is 0.166. The molecule has 1 rings (SSSR count). The Bertz CT molecular complexity index is 390. The van der Waals surface area contributed by atoms with Crippen molar-refractivity contribution in [2.45, 2.75) is 51.1 Å². The molecule has 1 atom stereocenters. The average molecular weight is 285 g/mol. The van der Waals surface area contributed by atoms with Gasteiger partial charge in [-0.05, 0) is 26.3 Å². The molecule has 0 aliphatic rings. The first-order valence-electron chi connectivity index (χ1n) is 6.64. The first-order chi connectivity index (χ1) is 9.04. The first kappa shape index (κ1) is 16.1. The van der Waals surface area contributed by atoms with E-state index in [-0.39, 0.29) is 18.1 Å². The number of esters is 1. The van der Waals surface area contributed by atoms with Crippen molar-refractivity contribution in [2.24, 2.45) is 0 Å². The van der Waals surface area contributed by atoms with Crippen LogP contribution in [0, 0.1) is 6.92 Å². The van der Waals surface area contributed by atoms with Gasteiger partial charge in [0.05, 0.1) is 12.9 Å². The van der Waals surface area contributed by atoms with Crippen molar-refractivity contribution < 1.29 is 13.9 Å². The van der Waals surface area contributed by atoms with Crippen LogP contribution < -0.4 is 5.32 Å². The number of rotatable bonds is 8. The van der Waals surface area contributed by atoms with Crippen LogP contribution in [0.5, 0.6) is 0 Å². The number of carbonyl (C=O) groups is 1. The number of ether oxygens (including phenoxy) is 1. The monoisotopic (exact) mass is 285 g/mol. The first-order valence-corrected chi connectivity index (χ1v) is 7.62. The van der Waals surface area contributed by atoms with Gasteiger partial charge < -0.3 is 14.5 Å². The van der Waals surface area contributed by atoms with Gasteiger partial charge in [0.25, 0.3) is 0 Å². The molecule has 1 aromatic rings. The topological polar surface area (TPSA) is 51.5 Å². The van der Waals surface area contributed by atoms with E-state index in [0.29, 0.717) is 6.61 Å². The van der Waals surface area contributed by atoms with Crippen molar-refractivity contribution in [3.05, 3.63) is 18.1 Å². The van der Waals surface area contributed by atoms with E-state index in [4.69, 9.17) is 9.15 Å². The quantitative estimate of drug-likeness (QED) is 0.588. The van der Waals surface area contributed by atoms with Gasteiger partial charge in [0, 0.05) is 16.7 Å². The number of nitrogens with one attached hydrogen (secondary N) is 1. The largest absolute Gasteiger partial charge is 0.468 e. The molecule has 0 radical (unpaired) electrons. The number of furan rings is 1. The Morgan fingerprint density at radius 1 is 1.53 bits per heavy atom. The predicted octanol–water partition coefficient (Wildman–Crippen LogP) is 3.00. The van der Waals surface area contributed by atoms with E-state index in [0.717, 1.165) is 22.8 Å². The molecule has 19 heavy (non-hydrogen) atoms. The lowest BCUT2D eigenvalue weighted by atomic mass is 10.2. The van der Waals surface area contributed by atoms with Crippen LogP contribution in [0.4, 0.5) is 0 Å². The molecular weight excluding hydrogens is 262 g/mol. The van der Waals surface area contributed by atoms with Crippen LogP contribution in [0.2, 0.25) is 0 Å². The average Bonchev–Trinajstić information content (AvgIpc) is 2.74. The van der Waals surface area contributed by atoms with E-state index in [2.05, 4.69) is 5.32 Å². The molecule has 108 valence electrons. The van der Waals surface area contributed by atoms with Crippen LogP contribution in [0.1, 0.15) is 33.0 Å². The summed E-state index contributed by atoms with van der Waals surface area (Å²) >= 11 is 1.70. The van der Waals surface area contributed by atoms with Crippen LogP contribution in [0.25, 0.3) is 0 Å². The molecule has 0 spiro atoms. The summed E-state index contributed by atoms with van der Waals surface area (Å²) in [7, 11) is 0. The van der Waals surface area contributed by atoms with Crippen molar-refractivity contribution in [3.8, 4) is 0 Å². The van der Waals surface area contributed by atoms with Gasteiger partial charge in [0.2, 0.25) is 0 Å². The number of hydrogen-bond donors (Lipinski definition) is 1. The Hall–Kier alpha value is -0.940. The Morgan fingerprint density at radius 2 is 2.26 bits per heavy atom. The van der Waals surface area contributed by atoms with Gasteiger partial charge in [-0.3, -0.25) is 4.79 Å². The zero-order chi connectivity index (χ0) is 14.3. The molecule has 0 bridgehead atoms. The summed E-state index contributed by atoms with van der Waals surface area (Å²) in [5.41, 5.74) is 0. The third-order valence-electron chi connectivity index (χ3n) is 2.58. The molecule has 0 aliphatic carbocycles. The summed E-state index contributed by atoms with van der Waals surface area (Å²) in [4.78, 5) is 13.0. The highest BCUT2D eigenvalue weighted by Crippen LogP contribution is 2.24. The highest BCUT2D eigenvalue weighted by atomic mass is 32.2. The van der Waals surface area contributed by atoms with Crippen LogP contribution in [0.15, 0.2) is 21.6 Å². The Morgan fingerprint density at radius 3 is 2.79 bits per heavy atom. The Labute approximate surface area is 119 Å². The predicted molar refractivity (Wildman–Crippen MR) is 77.5 cm³/mol. The molecule has 0 saturated carbocycles. The summed E-state index contributed by atoms with van der Waals surface area (Å²) in [6.45, 7) is 8.24. The van der Waals surface area contributed by atoms with Crippen molar-refractivity contribution >= 4 is 17.7 Å². The lowest BCUT2D eigenvalue weighted by Gasteiger charge is -2.19. The number of hydrogen-bond acceptors (Lipinski definition) is 5. The zero-order valence-electron chi connectivity index (χ0n) is 12.1. The molecule has 1 N–H and O–H groups in total. The maximum Gasteiger partial charge on any atom is 0.323 e. The molecule has 0 saturated heterocycles. The second kappa shape index (κ2) is 8.27. The van der Waals surface area contributed by atoms with Gasteiger partial charge >= 0.3 is 5.97 Å². The summed E-state index contributed by atoms with van der Waals surface area (Å²) < 4.78 is 10.3. The molecule has 0 amide bonds. The standard InChI is InChI=1S/C14H23NO3S/c1-5-17-14(16)12(15-10(2)3)7-9-19-13-6-8-18-11(13)4/h6,8,10,12,15H,5,7,9H2,1-4H3. The van der Waals surface area contributed by atoms with Gasteiger partial charge in [-0.15, -0.1) is 11.8 Å². The molecule has 0 fully saturated rings. The van der Waals surface area contributed by atoms with Gasteiger partial charge in [0.15, 0.2) is 0 Å². The van der Waals surface area contributed by atoms with Gasteiger partial charge in [0.1, 0.15) is 11.8 Å². The molecule has 0 aliphatic heterocycles. The van der Waals surface area contributed by atoms with Crippen LogP contribution in [-0.2, 0) is 9.53 Å². The maximum absolute atomic E-state index is 11.8. The summed E-state index contributed by atoms with van der Waals surface area (Å²) in [5.74, 6) is 1.61. The second-order valence-electron chi connectivity index (χ2n) is 4.60. The molecule has 0 aromatic carbocycles.